The van der Waals surface area contributed by atoms with Crippen LogP contribution in [0, 0.1) is 18.7 Å². The molecule has 0 bridgehead atoms. The maximum Gasteiger partial charge on any atom is 0.226 e. The van der Waals surface area contributed by atoms with E-state index in [0.717, 1.165) is 41.1 Å². The number of ether oxygens (including phenoxy) is 1. The number of imidazole rings is 1. The SMILES string of the molecule is CNCC(c1ccc(-n2cnc(C)c2)c(OC)c1)C1CCCN([C@@H](C)c2ccc(F)cc2)C1=O. The van der Waals surface area contributed by atoms with Gasteiger partial charge in [-0.05, 0) is 69.1 Å². The van der Waals surface area contributed by atoms with E-state index >= 15 is 0 Å². The minimum Gasteiger partial charge on any atom is -0.495 e. The number of rotatable bonds is 8. The van der Waals surface area contributed by atoms with E-state index in [1.165, 1.54) is 12.1 Å². The molecule has 1 fully saturated rings. The van der Waals surface area contributed by atoms with Gasteiger partial charge in [0, 0.05) is 31.1 Å². The van der Waals surface area contributed by atoms with Crippen molar-refractivity contribution in [2.24, 2.45) is 5.92 Å². The van der Waals surface area contributed by atoms with Crippen molar-refractivity contribution in [1.82, 2.24) is 19.8 Å². The molecule has 1 aromatic heterocycles. The number of halogens is 1. The van der Waals surface area contributed by atoms with E-state index in [4.69, 9.17) is 4.74 Å². The molecule has 0 aliphatic carbocycles. The number of nitrogens with zero attached hydrogens (tertiary/aromatic N) is 3. The predicted molar refractivity (Wildman–Crippen MR) is 131 cm³/mol. The van der Waals surface area contributed by atoms with Crippen molar-refractivity contribution in [2.75, 3.05) is 27.2 Å². The standard InChI is InChI=1S/C27H33FN4O2/c1-18-16-31(17-30-18)25-12-9-21(14-26(25)34-4)24(15-29-3)23-6-5-13-32(27(23)33)19(2)20-7-10-22(28)11-8-20/h7-12,14,16-17,19,23-24,29H,5-6,13,15H2,1-4H3/t19-,23?,24?/m0/s1. The molecule has 3 aromatic rings. The van der Waals surface area contributed by atoms with Gasteiger partial charge in [0.05, 0.1) is 30.9 Å². The van der Waals surface area contributed by atoms with Gasteiger partial charge in [-0.25, -0.2) is 9.37 Å². The molecule has 1 aliphatic heterocycles. The first kappa shape index (κ1) is 24.0. The maximum atomic E-state index is 13.7. The summed E-state index contributed by atoms with van der Waals surface area (Å²) in [4.78, 5) is 20.0. The van der Waals surface area contributed by atoms with Gasteiger partial charge in [0.1, 0.15) is 11.6 Å². The van der Waals surface area contributed by atoms with Gasteiger partial charge in [0.25, 0.3) is 0 Å². The van der Waals surface area contributed by atoms with Crippen LogP contribution in [0.4, 0.5) is 4.39 Å². The molecule has 2 unspecified atom stereocenters. The molecule has 7 heteroatoms. The van der Waals surface area contributed by atoms with Gasteiger partial charge in [0.2, 0.25) is 5.91 Å². The van der Waals surface area contributed by atoms with Crippen LogP contribution in [0.1, 0.15) is 48.5 Å². The van der Waals surface area contributed by atoms with Crippen LogP contribution in [0.25, 0.3) is 5.69 Å². The van der Waals surface area contributed by atoms with Gasteiger partial charge < -0.3 is 19.5 Å². The average Bonchev–Trinajstić information content (AvgIpc) is 3.28. The number of likely N-dealkylation sites (N-methyl/N-ethyl adjacent to an activating group) is 1. The highest BCUT2D eigenvalue weighted by Crippen LogP contribution is 2.38. The second-order valence-corrected chi connectivity index (χ2v) is 9.03. The van der Waals surface area contributed by atoms with Gasteiger partial charge in [-0.2, -0.15) is 0 Å². The van der Waals surface area contributed by atoms with Crippen molar-refractivity contribution in [3.8, 4) is 11.4 Å². The van der Waals surface area contributed by atoms with E-state index in [-0.39, 0.29) is 29.6 Å². The summed E-state index contributed by atoms with van der Waals surface area (Å²) in [5.74, 6) is 0.492. The minimum absolute atomic E-state index is 0.00758. The smallest absolute Gasteiger partial charge is 0.226 e. The second kappa shape index (κ2) is 10.4. The Balaban J connectivity index is 1.62. The highest BCUT2D eigenvalue weighted by atomic mass is 19.1. The quantitative estimate of drug-likeness (QED) is 0.528. The average molecular weight is 465 g/mol. The van der Waals surface area contributed by atoms with Crippen molar-refractivity contribution >= 4 is 5.91 Å². The van der Waals surface area contributed by atoms with Gasteiger partial charge >= 0.3 is 0 Å². The zero-order chi connectivity index (χ0) is 24.2. The van der Waals surface area contributed by atoms with Crippen molar-refractivity contribution in [3.05, 3.63) is 77.6 Å². The van der Waals surface area contributed by atoms with Crippen molar-refractivity contribution in [2.45, 2.75) is 38.6 Å². The van der Waals surface area contributed by atoms with Crippen LogP contribution < -0.4 is 10.1 Å². The number of carbonyl (C=O) groups is 1. The summed E-state index contributed by atoms with van der Waals surface area (Å²) in [5.41, 5.74) is 3.86. The monoisotopic (exact) mass is 464 g/mol. The number of aromatic nitrogens is 2. The summed E-state index contributed by atoms with van der Waals surface area (Å²) < 4.78 is 21.1. The number of hydrogen-bond acceptors (Lipinski definition) is 4. The molecule has 34 heavy (non-hydrogen) atoms. The summed E-state index contributed by atoms with van der Waals surface area (Å²) in [6, 6.07) is 12.5. The fraction of sp³-hybridized carbons (Fsp3) is 0.407. The predicted octanol–water partition coefficient (Wildman–Crippen LogP) is 4.63. The third-order valence-corrected chi connectivity index (χ3v) is 6.87. The molecule has 1 amide bonds. The van der Waals surface area contributed by atoms with Gasteiger partial charge in [-0.1, -0.05) is 18.2 Å². The Morgan fingerprint density at radius 3 is 2.59 bits per heavy atom. The Morgan fingerprint density at radius 2 is 1.94 bits per heavy atom. The molecule has 2 aromatic carbocycles. The molecule has 0 spiro atoms. The van der Waals surface area contributed by atoms with Crippen molar-refractivity contribution in [3.63, 3.8) is 0 Å². The van der Waals surface area contributed by atoms with Crippen LogP contribution in [-0.4, -0.2) is 47.6 Å². The molecule has 0 radical (unpaired) electrons. The molecular weight excluding hydrogens is 431 g/mol. The van der Waals surface area contributed by atoms with E-state index in [2.05, 4.69) is 16.4 Å². The summed E-state index contributed by atoms with van der Waals surface area (Å²) >= 11 is 0. The lowest BCUT2D eigenvalue weighted by Gasteiger charge is -2.40. The van der Waals surface area contributed by atoms with Crippen LogP contribution in [0.2, 0.25) is 0 Å². The van der Waals surface area contributed by atoms with E-state index < -0.39 is 0 Å². The van der Waals surface area contributed by atoms with Gasteiger partial charge in [0.15, 0.2) is 0 Å². The Hall–Kier alpha value is -3.19. The largest absolute Gasteiger partial charge is 0.495 e. The first-order valence-corrected chi connectivity index (χ1v) is 11.8. The van der Waals surface area contributed by atoms with E-state index in [0.29, 0.717) is 13.1 Å². The summed E-state index contributed by atoms with van der Waals surface area (Å²) in [6.07, 6.45) is 5.51. The number of likely N-dealkylation sites (tertiary alicyclic amines) is 1. The Kier molecular flexibility index (Phi) is 7.32. The molecule has 0 saturated carbocycles. The Bertz CT molecular complexity index is 1130. The number of nitrogens with one attached hydrogen (secondary N) is 1. The fourth-order valence-electron chi connectivity index (χ4n) is 5.01. The highest BCUT2D eigenvalue weighted by Gasteiger charge is 2.37. The first-order chi connectivity index (χ1) is 16.4. The lowest BCUT2D eigenvalue weighted by Crippen LogP contribution is -2.45. The maximum absolute atomic E-state index is 13.7. The molecule has 4 rings (SSSR count). The minimum atomic E-state index is -0.267. The molecular formula is C27H33FN4O2. The molecule has 180 valence electrons. The zero-order valence-corrected chi connectivity index (χ0v) is 20.3. The number of benzene rings is 2. The third-order valence-electron chi connectivity index (χ3n) is 6.87. The number of hydrogen-bond donors (Lipinski definition) is 1. The second-order valence-electron chi connectivity index (χ2n) is 9.03. The van der Waals surface area contributed by atoms with Crippen molar-refractivity contribution < 1.29 is 13.9 Å². The number of piperidine rings is 1. The first-order valence-electron chi connectivity index (χ1n) is 11.8. The lowest BCUT2D eigenvalue weighted by atomic mass is 9.79. The van der Waals surface area contributed by atoms with E-state index in [1.54, 1.807) is 25.6 Å². The molecule has 1 saturated heterocycles. The summed E-state index contributed by atoms with van der Waals surface area (Å²) in [7, 11) is 3.58. The molecule has 6 nitrogen and oxygen atoms in total. The molecule has 2 heterocycles. The van der Waals surface area contributed by atoms with E-state index in [9.17, 15) is 9.18 Å². The summed E-state index contributed by atoms with van der Waals surface area (Å²) in [6.45, 7) is 5.36. The van der Waals surface area contributed by atoms with Crippen LogP contribution in [0.3, 0.4) is 0 Å². The zero-order valence-electron chi connectivity index (χ0n) is 20.3. The number of aryl methyl sites for hydroxylation is 1. The Morgan fingerprint density at radius 1 is 1.21 bits per heavy atom. The van der Waals surface area contributed by atoms with Crippen LogP contribution >= 0.6 is 0 Å². The topological polar surface area (TPSA) is 59.4 Å². The number of amides is 1. The molecule has 1 aliphatic rings. The van der Waals surface area contributed by atoms with Gasteiger partial charge in [-0.3, -0.25) is 4.79 Å². The molecule has 3 atom stereocenters. The van der Waals surface area contributed by atoms with Crippen LogP contribution in [0.15, 0.2) is 55.0 Å². The fourth-order valence-corrected chi connectivity index (χ4v) is 5.01. The number of methoxy groups -OCH3 is 1. The molecule has 1 N–H and O–H groups in total. The normalized spacial score (nSPS) is 18.1. The van der Waals surface area contributed by atoms with Crippen LogP contribution in [0.5, 0.6) is 5.75 Å². The van der Waals surface area contributed by atoms with Crippen molar-refractivity contribution in [1.29, 1.82) is 0 Å². The van der Waals surface area contributed by atoms with Gasteiger partial charge in [-0.15, -0.1) is 0 Å². The highest BCUT2D eigenvalue weighted by molar-refractivity contribution is 5.81. The third kappa shape index (κ3) is 4.85. The Labute approximate surface area is 200 Å². The number of carbonyl (C=O) groups excluding carboxylic acids is 1. The van der Waals surface area contributed by atoms with Crippen LogP contribution in [-0.2, 0) is 4.79 Å². The lowest BCUT2D eigenvalue weighted by molar-refractivity contribution is -0.141. The summed E-state index contributed by atoms with van der Waals surface area (Å²) in [5, 5.41) is 3.28. The van der Waals surface area contributed by atoms with E-state index in [1.807, 2.05) is 48.7 Å².